The Kier molecular flexibility index (Phi) is 3.24. The normalized spacial score (nSPS) is 10.6. The summed E-state index contributed by atoms with van der Waals surface area (Å²) in [5, 5.41) is 10.2. The van der Waals surface area contributed by atoms with Crippen molar-refractivity contribution < 1.29 is 0 Å². The van der Waals surface area contributed by atoms with Crippen LogP contribution in [-0.2, 0) is 13.1 Å². The SMILES string of the molecule is N#Cc1cccc(Cn2ccc3c(CN)cccc32)c1. The second kappa shape index (κ2) is 5.20. The second-order valence-electron chi connectivity index (χ2n) is 4.81. The van der Waals surface area contributed by atoms with Crippen LogP contribution >= 0.6 is 0 Å². The number of nitrogens with zero attached hydrogens (tertiary/aromatic N) is 2. The molecule has 20 heavy (non-hydrogen) atoms. The number of aromatic nitrogens is 1. The molecule has 0 aliphatic heterocycles. The Balaban J connectivity index is 2.01. The molecule has 3 nitrogen and oxygen atoms in total. The van der Waals surface area contributed by atoms with Crippen LogP contribution in [0.25, 0.3) is 10.9 Å². The molecule has 1 aromatic heterocycles. The van der Waals surface area contributed by atoms with E-state index in [1.165, 1.54) is 10.9 Å². The quantitative estimate of drug-likeness (QED) is 0.788. The highest BCUT2D eigenvalue weighted by molar-refractivity contribution is 5.83. The largest absolute Gasteiger partial charge is 0.343 e. The predicted octanol–water partition coefficient (Wildman–Crippen LogP) is 3.02. The van der Waals surface area contributed by atoms with Crippen molar-refractivity contribution in [1.29, 1.82) is 5.26 Å². The lowest BCUT2D eigenvalue weighted by Crippen LogP contribution is -2.00. The summed E-state index contributed by atoms with van der Waals surface area (Å²) in [5.41, 5.74) is 9.93. The smallest absolute Gasteiger partial charge is 0.0991 e. The molecule has 0 bridgehead atoms. The zero-order valence-corrected chi connectivity index (χ0v) is 11.1. The van der Waals surface area contributed by atoms with Gasteiger partial charge in [-0.05, 0) is 35.4 Å². The van der Waals surface area contributed by atoms with Crippen LogP contribution in [0.3, 0.4) is 0 Å². The highest BCUT2D eigenvalue weighted by Crippen LogP contribution is 2.21. The molecule has 0 spiro atoms. The molecule has 3 aromatic rings. The summed E-state index contributed by atoms with van der Waals surface area (Å²) in [6.07, 6.45) is 2.07. The second-order valence-corrected chi connectivity index (χ2v) is 4.81. The molecule has 0 radical (unpaired) electrons. The average molecular weight is 261 g/mol. The van der Waals surface area contributed by atoms with E-state index in [-0.39, 0.29) is 0 Å². The summed E-state index contributed by atoms with van der Waals surface area (Å²) in [4.78, 5) is 0. The van der Waals surface area contributed by atoms with Gasteiger partial charge in [-0.1, -0.05) is 24.3 Å². The highest BCUT2D eigenvalue weighted by atomic mass is 14.9. The van der Waals surface area contributed by atoms with Crippen LogP contribution in [0.2, 0.25) is 0 Å². The molecule has 0 amide bonds. The van der Waals surface area contributed by atoms with Crippen molar-refractivity contribution in [3.05, 3.63) is 71.4 Å². The molecule has 3 heteroatoms. The van der Waals surface area contributed by atoms with E-state index in [0.717, 1.165) is 17.7 Å². The number of benzene rings is 2. The molecule has 3 rings (SSSR count). The van der Waals surface area contributed by atoms with Crippen LogP contribution in [-0.4, -0.2) is 4.57 Å². The molecular weight excluding hydrogens is 246 g/mol. The Morgan fingerprint density at radius 1 is 1.10 bits per heavy atom. The number of hydrogen-bond acceptors (Lipinski definition) is 2. The molecule has 0 unspecified atom stereocenters. The lowest BCUT2D eigenvalue weighted by Gasteiger charge is -2.07. The van der Waals surface area contributed by atoms with Gasteiger partial charge in [0.25, 0.3) is 0 Å². The summed E-state index contributed by atoms with van der Waals surface area (Å²) in [6, 6.07) is 18.2. The van der Waals surface area contributed by atoms with E-state index < -0.39 is 0 Å². The molecule has 1 heterocycles. The number of nitriles is 1. The zero-order chi connectivity index (χ0) is 13.9. The van der Waals surface area contributed by atoms with Gasteiger partial charge >= 0.3 is 0 Å². The molecule has 2 N–H and O–H groups in total. The van der Waals surface area contributed by atoms with E-state index >= 15 is 0 Å². The molecule has 0 saturated carbocycles. The third-order valence-electron chi connectivity index (χ3n) is 3.53. The molecule has 0 aliphatic carbocycles. The van der Waals surface area contributed by atoms with E-state index in [9.17, 15) is 0 Å². The Morgan fingerprint density at radius 2 is 1.95 bits per heavy atom. The molecule has 0 aliphatic rings. The molecular formula is C17H15N3. The van der Waals surface area contributed by atoms with E-state index in [4.69, 9.17) is 11.0 Å². The first-order valence-electron chi connectivity index (χ1n) is 6.57. The summed E-state index contributed by atoms with van der Waals surface area (Å²) < 4.78 is 2.19. The summed E-state index contributed by atoms with van der Waals surface area (Å²) >= 11 is 0. The topological polar surface area (TPSA) is 54.7 Å². The van der Waals surface area contributed by atoms with Gasteiger partial charge in [-0.3, -0.25) is 0 Å². The van der Waals surface area contributed by atoms with Gasteiger partial charge in [0.2, 0.25) is 0 Å². The van der Waals surface area contributed by atoms with Crippen molar-refractivity contribution in [2.24, 2.45) is 5.73 Å². The maximum Gasteiger partial charge on any atom is 0.0991 e. The van der Waals surface area contributed by atoms with Gasteiger partial charge in [0, 0.05) is 30.2 Å². The maximum atomic E-state index is 8.96. The minimum atomic E-state index is 0.547. The van der Waals surface area contributed by atoms with E-state index in [1.807, 2.05) is 30.3 Å². The zero-order valence-electron chi connectivity index (χ0n) is 11.1. The van der Waals surface area contributed by atoms with Crippen molar-refractivity contribution >= 4 is 10.9 Å². The Labute approximate surface area is 117 Å². The van der Waals surface area contributed by atoms with Crippen LogP contribution in [0.5, 0.6) is 0 Å². The van der Waals surface area contributed by atoms with Gasteiger partial charge in [-0.2, -0.15) is 5.26 Å². The van der Waals surface area contributed by atoms with Crippen LogP contribution in [0.1, 0.15) is 16.7 Å². The predicted molar refractivity (Wildman–Crippen MR) is 80.1 cm³/mol. The molecule has 2 aromatic carbocycles. The fraction of sp³-hybridized carbons (Fsp3) is 0.118. The van der Waals surface area contributed by atoms with E-state index in [0.29, 0.717) is 12.1 Å². The first-order valence-corrected chi connectivity index (χ1v) is 6.57. The van der Waals surface area contributed by atoms with Crippen LogP contribution in [0.4, 0.5) is 0 Å². The van der Waals surface area contributed by atoms with Crippen molar-refractivity contribution in [3.63, 3.8) is 0 Å². The molecule has 98 valence electrons. The fourth-order valence-corrected chi connectivity index (χ4v) is 2.54. The number of hydrogen-bond donors (Lipinski definition) is 1. The minimum Gasteiger partial charge on any atom is -0.343 e. The first kappa shape index (κ1) is 12.5. The van der Waals surface area contributed by atoms with Crippen molar-refractivity contribution in [1.82, 2.24) is 4.57 Å². The third-order valence-corrected chi connectivity index (χ3v) is 3.53. The minimum absolute atomic E-state index is 0.547. The van der Waals surface area contributed by atoms with E-state index in [2.05, 4.69) is 35.0 Å². The van der Waals surface area contributed by atoms with Crippen molar-refractivity contribution in [2.75, 3.05) is 0 Å². The standard InChI is InChI=1S/C17H15N3/c18-10-13-3-1-4-14(9-13)12-20-8-7-16-15(11-19)5-2-6-17(16)20/h1-9H,11-12,19H2. The summed E-state index contributed by atoms with van der Waals surface area (Å²) in [6.45, 7) is 1.30. The number of nitrogens with two attached hydrogens (primary N) is 1. The van der Waals surface area contributed by atoms with Gasteiger partial charge in [0.15, 0.2) is 0 Å². The van der Waals surface area contributed by atoms with Crippen LogP contribution in [0.15, 0.2) is 54.7 Å². The van der Waals surface area contributed by atoms with Crippen molar-refractivity contribution in [3.8, 4) is 6.07 Å². The summed E-state index contributed by atoms with van der Waals surface area (Å²) in [7, 11) is 0. The Morgan fingerprint density at radius 3 is 2.75 bits per heavy atom. The van der Waals surface area contributed by atoms with Gasteiger partial charge in [-0.15, -0.1) is 0 Å². The third kappa shape index (κ3) is 2.18. The van der Waals surface area contributed by atoms with Gasteiger partial charge in [0.05, 0.1) is 11.6 Å². The molecule has 0 atom stereocenters. The summed E-state index contributed by atoms with van der Waals surface area (Å²) in [5.74, 6) is 0. The first-order chi connectivity index (χ1) is 9.81. The van der Waals surface area contributed by atoms with Crippen LogP contribution < -0.4 is 5.73 Å². The number of fused-ring (bicyclic) bond motifs is 1. The molecule has 0 fully saturated rings. The molecule has 0 saturated heterocycles. The van der Waals surface area contributed by atoms with Gasteiger partial charge < -0.3 is 10.3 Å². The van der Waals surface area contributed by atoms with Gasteiger partial charge in [-0.25, -0.2) is 0 Å². The van der Waals surface area contributed by atoms with Crippen LogP contribution in [0, 0.1) is 11.3 Å². The van der Waals surface area contributed by atoms with Gasteiger partial charge in [0.1, 0.15) is 0 Å². The Hall–Kier alpha value is -2.57. The maximum absolute atomic E-state index is 8.96. The average Bonchev–Trinajstić information content (AvgIpc) is 2.90. The number of rotatable bonds is 3. The lowest BCUT2D eigenvalue weighted by atomic mass is 10.1. The fourth-order valence-electron chi connectivity index (χ4n) is 2.54. The van der Waals surface area contributed by atoms with Crippen molar-refractivity contribution in [2.45, 2.75) is 13.1 Å². The lowest BCUT2D eigenvalue weighted by molar-refractivity contribution is 0.836. The monoisotopic (exact) mass is 261 g/mol. The Bertz CT molecular complexity index is 793. The highest BCUT2D eigenvalue weighted by Gasteiger charge is 2.05. The van der Waals surface area contributed by atoms with E-state index in [1.54, 1.807) is 0 Å².